The van der Waals surface area contributed by atoms with Crippen molar-refractivity contribution in [2.45, 2.75) is 19.5 Å². The smallest absolute Gasteiger partial charge is 0.251 e. The highest BCUT2D eigenvalue weighted by atomic mass is 35.5. The molecule has 8 nitrogen and oxygen atoms in total. The molecule has 3 aromatic carbocycles. The van der Waals surface area contributed by atoms with Crippen LogP contribution in [0.15, 0.2) is 66.7 Å². The number of carbonyl (C=O) groups is 2. The molecule has 1 atom stereocenters. The summed E-state index contributed by atoms with van der Waals surface area (Å²) in [6.07, 6.45) is 0. The summed E-state index contributed by atoms with van der Waals surface area (Å²) >= 11 is 5.92. The van der Waals surface area contributed by atoms with E-state index >= 15 is 0 Å². The first-order valence-corrected chi connectivity index (χ1v) is 11.1. The lowest BCUT2D eigenvalue weighted by Gasteiger charge is -2.16. The van der Waals surface area contributed by atoms with Crippen molar-refractivity contribution in [1.29, 1.82) is 0 Å². The summed E-state index contributed by atoms with van der Waals surface area (Å²) in [5.41, 5.74) is 2.62. The number of halogens is 1. The molecule has 0 spiro atoms. The molecule has 172 valence electrons. The fourth-order valence-corrected chi connectivity index (χ4v) is 3.98. The fraction of sp³-hybridized carbons (Fsp3) is 0.160. The molecule has 5 rings (SSSR count). The van der Waals surface area contributed by atoms with Gasteiger partial charge < -0.3 is 24.7 Å². The minimum absolute atomic E-state index is 0.0193. The average Bonchev–Trinajstić information content (AvgIpc) is 3.44. The molecular formula is C25H21ClN4O4. The molecule has 1 aliphatic heterocycles. The zero-order valence-electron chi connectivity index (χ0n) is 18.2. The summed E-state index contributed by atoms with van der Waals surface area (Å²) in [5.74, 6) is 1.31. The lowest BCUT2D eigenvalue weighted by atomic mass is 10.2. The third kappa shape index (κ3) is 4.40. The maximum atomic E-state index is 12.9. The van der Waals surface area contributed by atoms with Gasteiger partial charge in [-0.25, -0.2) is 4.98 Å². The van der Waals surface area contributed by atoms with Gasteiger partial charge in [-0.15, -0.1) is 0 Å². The number of hydrogen-bond donors (Lipinski definition) is 2. The van der Waals surface area contributed by atoms with Gasteiger partial charge in [0.2, 0.25) is 12.7 Å². The number of nitrogens with zero attached hydrogens (tertiary/aromatic N) is 2. The van der Waals surface area contributed by atoms with E-state index in [1.807, 2.05) is 35.8 Å². The van der Waals surface area contributed by atoms with E-state index in [9.17, 15) is 9.59 Å². The highest BCUT2D eigenvalue weighted by Crippen LogP contribution is 2.34. The molecule has 1 aromatic heterocycles. The summed E-state index contributed by atoms with van der Waals surface area (Å²) < 4.78 is 12.5. The Hall–Kier alpha value is -4.04. The van der Waals surface area contributed by atoms with Gasteiger partial charge in [-0.1, -0.05) is 23.7 Å². The number of nitrogens with one attached hydrogen (secondary N) is 2. The van der Waals surface area contributed by atoms with Crippen molar-refractivity contribution < 1.29 is 19.1 Å². The topological polar surface area (TPSA) is 94.5 Å². The third-order valence-electron chi connectivity index (χ3n) is 5.48. The number of fused-ring (bicyclic) bond motifs is 2. The van der Waals surface area contributed by atoms with Crippen LogP contribution in [-0.2, 0) is 11.3 Å². The minimum Gasteiger partial charge on any atom is -0.454 e. The Bertz CT molecular complexity index is 1380. The highest BCUT2D eigenvalue weighted by molar-refractivity contribution is 6.30. The third-order valence-corrected chi connectivity index (χ3v) is 5.74. The molecule has 34 heavy (non-hydrogen) atoms. The Morgan fingerprint density at radius 1 is 1.06 bits per heavy atom. The summed E-state index contributed by atoms with van der Waals surface area (Å²) in [6, 6.07) is 19.0. The second-order valence-corrected chi connectivity index (χ2v) is 8.30. The van der Waals surface area contributed by atoms with Gasteiger partial charge >= 0.3 is 0 Å². The molecule has 4 aromatic rings. The quantitative estimate of drug-likeness (QED) is 0.426. The molecule has 1 aliphatic rings. The first kappa shape index (κ1) is 21.8. The van der Waals surface area contributed by atoms with Crippen molar-refractivity contribution in [1.82, 2.24) is 14.9 Å². The van der Waals surface area contributed by atoms with Gasteiger partial charge in [0.1, 0.15) is 12.4 Å². The van der Waals surface area contributed by atoms with E-state index < -0.39 is 6.04 Å². The number of hydrogen-bond acceptors (Lipinski definition) is 5. The van der Waals surface area contributed by atoms with E-state index in [0.717, 1.165) is 11.0 Å². The van der Waals surface area contributed by atoms with Crippen LogP contribution in [0.2, 0.25) is 5.02 Å². The van der Waals surface area contributed by atoms with Crippen LogP contribution in [0.3, 0.4) is 0 Å². The molecule has 0 saturated heterocycles. The largest absolute Gasteiger partial charge is 0.454 e. The standard InChI is InChI=1S/C25H21ClN4O4/c1-15(27-25(32)16-6-8-17(26)9-7-16)24-29-19-4-2-3-5-20(19)30(24)13-23(31)28-18-10-11-21-22(12-18)34-14-33-21/h2-12,15H,13-14H2,1H3,(H,27,32)(H,28,31). The Morgan fingerprint density at radius 3 is 2.65 bits per heavy atom. The van der Waals surface area contributed by atoms with Gasteiger partial charge in [-0.2, -0.15) is 0 Å². The Morgan fingerprint density at radius 2 is 1.82 bits per heavy atom. The molecule has 2 heterocycles. The number of anilines is 1. The van der Waals surface area contributed by atoms with Crippen molar-refractivity contribution in [2.24, 2.45) is 0 Å². The van der Waals surface area contributed by atoms with Crippen LogP contribution in [0.5, 0.6) is 11.5 Å². The number of para-hydroxylation sites is 2. The van der Waals surface area contributed by atoms with Crippen molar-refractivity contribution in [2.75, 3.05) is 12.1 Å². The SMILES string of the molecule is CC(NC(=O)c1ccc(Cl)cc1)c1nc2ccccc2n1CC(=O)Nc1ccc2c(c1)OCO2. The van der Waals surface area contributed by atoms with Gasteiger partial charge in [-0.3, -0.25) is 9.59 Å². The van der Waals surface area contributed by atoms with Gasteiger partial charge in [0, 0.05) is 22.3 Å². The van der Waals surface area contributed by atoms with Gasteiger partial charge in [0.25, 0.3) is 5.91 Å². The van der Waals surface area contributed by atoms with Crippen LogP contribution in [-0.4, -0.2) is 28.2 Å². The molecule has 0 saturated carbocycles. The van der Waals surface area contributed by atoms with Crippen molar-refractivity contribution in [3.63, 3.8) is 0 Å². The first-order chi connectivity index (χ1) is 16.5. The molecule has 1 unspecified atom stereocenters. The average molecular weight is 477 g/mol. The summed E-state index contributed by atoms with van der Waals surface area (Å²) in [6.45, 7) is 2.02. The molecule has 9 heteroatoms. The van der Waals surface area contributed by atoms with Crippen molar-refractivity contribution in [3.8, 4) is 11.5 Å². The second kappa shape index (κ2) is 9.07. The van der Waals surface area contributed by atoms with Gasteiger partial charge in [0.05, 0.1) is 17.1 Å². The van der Waals surface area contributed by atoms with Crippen LogP contribution in [0.1, 0.15) is 29.1 Å². The van der Waals surface area contributed by atoms with E-state index in [1.54, 1.807) is 42.5 Å². The fourth-order valence-electron chi connectivity index (χ4n) is 3.86. The van der Waals surface area contributed by atoms with Gasteiger partial charge in [-0.05, 0) is 55.5 Å². The van der Waals surface area contributed by atoms with Crippen molar-refractivity contribution in [3.05, 3.63) is 83.1 Å². The lowest BCUT2D eigenvalue weighted by molar-refractivity contribution is -0.116. The molecule has 0 fully saturated rings. The van der Waals surface area contributed by atoms with E-state index in [-0.39, 0.29) is 25.2 Å². The zero-order valence-corrected chi connectivity index (χ0v) is 19.0. The summed E-state index contributed by atoms with van der Waals surface area (Å²) in [5, 5.41) is 6.40. The number of ether oxygens (including phenoxy) is 2. The van der Waals surface area contributed by atoms with Crippen LogP contribution in [0, 0.1) is 0 Å². The predicted molar refractivity (Wildman–Crippen MR) is 128 cm³/mol. The number of amides is 2. The highest BCUT2D eigenvalue weighted by Gasteiger charge is 2.21. The van der Waals surface area contributed by atoms with E-state index in [2.05, 4.69) is 10.6 Å². The zero-order chi connectivity index (χ0) is 23.7. The number of benzene rings is 3. The second-order valence-electron chi connectivity index (χ2n) is 7.86. The Kier molecular flexibility index (Phi) is 5.81. The number of rotatable bonds is 6. The van der Waals surface area contributed by atoms with Crippen LogP contribution >= 0.6 is 11.6 Å². The number of imidazole rings is 1. The Labute approximate surface area is 200 Å². The van der Waals surface area contributed by atoms with E-state index in [1.165, 1.54) is 0 Å². The van der Waals surface area contributed by atoms with E-state index in [0.29, 0.717) is 33.6 Å². The molecule has 2 N–H and O–H groups in total. The number of carbonyl (C=O) groups excluding carboxylic acids is 2. The molecular weight excluding hydrogens is 456 g/mol. The minimum atomic E-state index is -0.450. The molecule has 0 aliphatic carbocycles. The van der Waals surface area contributed by atoms with Crippen LogP contribution in [0.25, 0.3) is 11.0 Å². The maximum Gasteiger partial charge on any atom is 0.251 e. The summed E-state index contributed by atoms with van der Waals surface area (Å²) in [4.78, 5) is 30.4. The molecule has 0 bridgehead atoms. The normalized spacial score (nSPS) is 13.0. The predicted octanol–water partition coefficient (Wildman–Crippen LogP) is 4.55. The molecule has 0 radical (unpaired) electrons. The monoisotopic (exact) mass is 476 g/mol. The van der Waals surface area contributed by atoms with Crippen molar-refractivity contribution >= 4 is 40.1 Å². The summed E-state index contributed by atoms with van der Waals surface area (Å²) in [7, 11) is 0. The van der Waals surface area contributed by atoms with Gasteiger partial charge in [0.15, 0.2) is 11.5 Å². The van der Waals surface area contributed by atoms with E-state index in [4.69, 9.17) is 26.1 Å². The maximum absolute atomic E-state index is 12.9. The Balaban J connectivity index is 1.37. The van der Waals surface area contributed by atoms with Crippen LogP contribution in [0.4, 0.5) is 5.69 Å². The molecule has 2 amide bonds. The van der Waals surface area contributed by atoms with Crippen LogP contribution < -0.4 is 20.1 Å². The lowest BCUT2D eigenvalue weighted by Crippen LogP contribution is -2.30. The first-order valence-electron chi connectivity index (χ1n) is 10.7. The number of aromatic nitrogens is 2.